The zero-order chi connectivity index (χ0) is 15.2. The standard InChI is InChI=1S/C15H22N2O3/c1-11(16-14(19)20-15(2,3)4)10-13(18)17-12-8-6-5-7-9-12/h5-9,11H,10H2,1-4H3,(H,16,19)(H,17,18)/t11-/m1/s1. The fourth-order valence-corrected chi connectivity index (χ4v) is 1.57. The lowest BCUT2D eigenvalue weighted by Crippen LogP contribution is -2.39. The third kappa shape index (κ3) is 6.78. The fraction of sp³-hybridized carbons (Fsp3) is 0.467. The summed E-state index contributed by atoms with van der Waals surface area (Å²) in [6, 6.07) is 8.89. The van der Waals surface area contributed by atoms with Crippen molar-refractivity contribution in [2.45, 2.75) is 45.8 Å². The van der Waals surface area contributed by atoms with Crippen LogP contribution in [0.4, 0.5) is 10.5 Å². The van der Waals surface area contributed by atoms with Crippen molar-refractivity contribution < 1.29 is 14.3 Å². The first-order valence-electron chi connectivity index (χ1n) is 6.61. The van der Waals surface area contributed by atoms with Crippen LogP contribution in [0.3, 0.4) is 0 Å². The molecule has 20 heavy (non-hydrogen) atoms. The van der Waals surface area contributed by atoms with Gasteiger partial charge in [-0.25, -0.2) is 4.79 Å². The van der Waals surface area contributed by atoms with Gasteiger partial charge in [-0.1, -0.05) is 18.2 Å². The number of amides is 2. The van der Waals surface area contributed by atoms with Crippen LogP contribution in [0.15, 0.2) is 30.3 Å². The molecule has 0 aliphatic rings. The number of carbonyl (C=O) groups excluding carboxylic acids is 2. The number of hydrogen-bond acceptors (Lipinski definition) is 3. The minimum absolute atomic E-state index is 0.153. The van der Waals surface area contributed by atoms with Gasteiger partial charge in [-0.3, -0.25) is 4.79 Å². The number of para-hydroxylation sites is 1. The average Bonchev–Trinajstić information content (AvgIpc) is 2.26. The highest BCUT2D eigenvalue weighted by Crippen LogP contribution is 2.08. The monoisotopic (exact) mass is 278 g/mol. The zero-order valence-electron chi connectivity index (χ0n) is 12.4. The third-order valence-corrected chi connectivity index (χ3v) is 2.31. The molecule has 1 rings (SSSR count). The average molecular weight is 278 g/mol. The highest BCUT2D eigenvalue weighted by molar-refractivity contribution is 5.91. The van der Waals surface area contributed by atoms with Crippen LogP contribution in [-0.4, -0.2) is 23.6 Å². The normalized spacial score (nSPS) is 12.4. The van der Waals surface area contributed by atoms with E-state index in [1.54, 1.807) is 27.7 Å². The predicted molar refractivity (Wildman–Crippen MR) is 78.5 cm³/mol. The van der Waals surface area contributed by atoms with Gasteiger partial charge >= 0.3 is 6.09 Å². The summed E-state index contributed by atoms with van der Waals surface area (Å²) < 4.78 is 5.13. The first kappa shape index (κ1) is 16.0. The maximum absolute atomic E-state index is 11.8. The van der Waals surface area contributed by atoms with Crippen LogP contribution in [-0.2, 0) is 9.53 Å². The van der Waals surface area contributed by atoms with Gasteiger partial charge < -0.3 is 15.4 Å². The Morgan fingerprint density at radius 2 is 1.80 bits per heavy atom. The topological polar surface area (TPSA) is 67.4 Å². The molecule has 0 saturated carbocycles. The maximum Gasteiger partial charge on any atom is 0.407 e. The number of alkyl carbamates (subject to hydrolysis) is 1. The van der Waals surface area contributed by atoms with E-state index in [2.05, 4.69) is 10.6 Å². The van der Waals surface area contributed by atoms with Crippen molar-refractivity contribution in [3.63, 3.8) is 0 Å². The molecular weight excluding hydrogens is 256 g/mol. The Hall–Kier alpha value is -2.04. The van der Waals surface area contributed by atoms with Crippen molar-refractivity contribution in [3.05, 3.63) is 30.3 Å². The molecule has 0 radical (unpaired) electrons. The number of nitrogens with one attached hydrogen (secondary N) is 2. The summed E-state index contributed by atoms with van der Waals surface area (Å²) in [5, 5.41) is 5.39. The maximum atomic E-state index is 11.8. The summed E-state index contributed by atoms with van der Waals surface area (Å²) in [6.07, 6.45) is -0.328. The van der Waals surface area contributed by atoms with Gasteiger partial charge in [0.25, 0.3) is 0 Å². The second kappa shape index (κ2) is 6.93. The van der Waals surface area contributed by atoms with Gasteiger partial charge in [-0.05, 0) is 39.8 Å². The third-order valence-electron chi connectivity index (χ3n) is 2.31. The molecule has 0 aromatic heterocycles. The second-order valence-corrected chi connectivity index (χ2v) is 5.67. The number of anilines is 1. The summed E-state index contributed by atoms with van der Waals surface area (Å²) in [4.78, 5) is 23.3. The van der Waals surface area contributed by atoms with E-state index in [4.69, 9.17) is 4.74 Å². The molecule has 5 nitrogen and oxygen atoms in total. The molecule has 1 aromatic carbocycles. The molecule has 2 amide bonds. The van der Waals surface area contributed by atoms with Crippen molar-refractivity contribution in [3.8, 4) is 0 Å². The number of rotatable bonds is 4. The van der Waals surface area contributed by atoms with Crippen molar-refractivity contribution in [2.75, 3.05) is 5.32 Å². The van der Waals surface area contributed by atoms with Crippen LogP contribution >= 0.6 is 0 Å². The molecule has 0 spiro atoms. The van der Waals surface area contributed by atoms with Gasteiger partial charge in [0.15, 0.2) is 0 Å². The molecular formula is C15H22N2O3. The Kier molecular flexibility index (Phi) is 5.55. The van der Waals surface area contributed by atoms with Crippen molar-refractivity contribution in [1.82, 2.24) is 5.32 Å². The van der Waals surface area contributed by atoms with Crippen LogP contribution in [0.5, 0.6) is 0 Å². The molecule has 0 heterocycles. The number of carbonyl (C=O) groups is 2. The minimum atomic E-state index is -0.546. The van der Waals surface area contributed by atoms with E-state index in [1.807, 2.05) is 30.3 Å². The van der Waals surface area contributed by atoms with Crippen molar-refractivity contribution in [1.29, 1.82) is 0 Å². The Labute approximate surface area is 119 Å². The van der Waals surface area contributed by atoms with Crippen molar-refractivity contribution >= 4 is 17.7 Å². The van der Waals surface area contributed by atoms with Crippen LogP contribution in [0.1, 0.15) is 34.1 Å². The quantitative estimate of drug-likeness (QED) is 0.889. The van der Waals surface area contributed by atoms with E-state index < -0.39 is 11.7 Å². The van der Waals surface area contributed by atoms with Gasteiger partial charge in [0.2, 0.25) is 5.91 Å². The van der Waals surface area contributed by atoms with Gasteiger partial charge in [0.05, 0.1) is 0 Å². The lowest BCUT2D eigenvalue weighted by Gasteiger charge is -2.21. The highest BCUT2D eigenvalue weighted by Gasteiger charge is 2.18. The summed E-state index contributed by atoms with van der Waals surface area (Å²) in [7, 11) is 0. The second-order valence-electron chi connectivity index (χ2n) is 5.67. The number of benzene rings is 1. The number of hydrogen-bond donors (Lipinski definition) is 2. The van der Waals surface area contributed by atoms with Crippen molar-refractivity contribution in [2.24, 2.45) is 0 Å². The largest absolute Gasteiger partial charge is 0.444 e. The summed E-state index contributed by atoms with van der Waals surface area (Å²) >= 11 is 0. The van der Waals surface area contributed by atoms with Crippen LogP contribution in [0.25, 0.3) is 0 Å². The SMILES string of the molecule is C[C@H](CC(=O)Nc1ccccc1)NC(=O)OC(C)(C)C. The molecule has 1 atom stereocenters. The lowest BCUT2D eigenvalue weighted by molar-refractivity contribution is -0.116. The zero-order valence-corrected chi connectivity index (χ0v) is 12.4. The van der Waals surface area contributed by atoms with E-state index in [9.17, 15) is 9.59 Å². The van der Waals surface area contributed by atoms with E-state index in [0.717, 1.165) is 5.69 Å². The van der Waals surface area contributed by atoms with Gasteiger partial charge in [-0.2, -0.15) is 0 Å². The Bertz CT molecular complexity index is 452. The molecule has 0 bridgehead atoms. The highest BCUT2D eigenvalue weighted by atomic mass is 16.6. The smallest absolute Gasteiger partial charge is 0.407 e. The van der Waals surface area contributed by atoms with Gasteiger partial charge in [0, 0.05) is 18.2 Å². The molecule has 0 aliphatic carbocycles. The summed E-state index contributed by atoms with van der Waals surface area (Å²) in [6.45, 7) is 7.13. The summed E-state index contributed by atoms with van der Waals surface area (Å²) in [5.41, 5.74) is 0.192. The molecule has 110 valence electrons. The molecule has 2 N–H and O–H groups in total. The Morgan fingerprint density at radius 3 is 2.35 bits per heavy atom. The van der Waals surface area contributed by atoms with E-state index in [1.165, 1.54) is 0 Å². The van der Waals surface area contributed by atoms with E-state index in [-0.39, 0.29) is 18.4 Å². The molecule has 0 aliphatic heterocycles. The molecule has 0 saturated heterocycles. The van der Waals surface area contributed by atoms with Crippen LogP contribution in [0.2, 0.25) is 0 Å². The molecule has 0 fully saturated rings. The van der Waals surface area contributed by atoms with Crippen LogP contribution in [0, 0.1) is 0 Å². The molecule has 0 unspecified atom stereocenters. The molecule has 1 aromatic rings. The van der Waals surface area contributed by atoms with E-state index >= 15 is 0 Å². The molecule has 5 heteroatoms. The van der Waals surface area contributed by atoms with Gasteiger partial charge in [0.1, 0.15) is 5.60 Å². The van der Waals surface area contributed by atoms with E-state index in [0.29, 0.717) is 0 Å². The Balaban J connectivity index is 2.37. The predicted octanol–water partition coefficient (Wildman–Crippen LogP) is 2.93. The lowest BCUT2D eigenvalue weighted by atomic mass is 10.2. The first-order chi connectivity index (χ1) is 9.26. The summed E-state index contributed by atoms with van der Waals surface area (Å²) in [5.74, 6) is -0.153. The number of ether oxygens (including phenoxy) is 1. The Morgan fingerprint density at radius 1 is 1.20 bits per heavy atom. The van der Waals surface area contributed by atoms with Crippen LogP contribution < -0.4 is 10.6 Å². The first-order valence-corrected chi connectivity index (χ1v) is 6.61. The fourth-order valence-electron chi connectivity index (χ4n) is 1.57. The van der Waals surface area contributed by atoms with Gasteiger partial charge in [-0.15, -0.1) is 0 Å². The minimum Gasteiger partial charge on any atom is -0.444 e.